The van der Waals surface area contributed by atoms with Gasteiger partial charge in [0.05, 0.1) is 6.42 Å². The molecule has 2 aromatic heterocycles. The van der Waals surface area contributed by atoms with E-state index in [1.807, 2.05) is 0 Å². The van der Waals surface area contributed by atoms with Crippen molar-refractivity contribution < 1.29 is 13.2 Å². The second-order valence-corrected chi connectivity index (χ2v) is 4.75. The lowest BCUT2D eigenvalue weighted by Crippen LogP contribution is -2.24. The summed E-state index contributed by atoms with van der Waals surface area (Å²) < 4.78 is 39.0. The van der Waals surface area contributed by atoms with Crippen LogP contribution in [0, 0.1) is 0 Å². The summed E-state index contributed by atoms with van der Waals surface area (Å²) in [6.45, 7) is 1.45. The second kappa shape index (κ2) is 4.75. The third-order valence-electron chi connectivity index (χ3n) is 2.27. The maximum Gasteiger partial charge on any atom is 0.391 e. The highest BCUT2D eigenvalue weighted by atomic mass is 79.9. The average molecular weight is 323 g/mol. The predicted octanol–water partition coefficient (Wildman–Crippen LogP) is 3.24. The normalized spacial score (nSPS) is 13.8. The molecule has 1 unspecified atom stereocenters. The summed E-state index contributed by atoms with van der Waals surface area (Å²) in [5, 5.41) is 2.72. The molecule has 0 spiro atoms. The number of nitrogens with zero attached hydrogens (tertiary/aromatic N) is 3. The van der Waals surface area contributed by atoms with E-state index in [1.165, 1.54) is 6.92 Å². The van der Waals surface area contributed by atoms with E-state index in [0.717, 1.165) is 0 Å². The van der Waals surface area contributed by atoms with Gasteiger partial charge >= 0.3 is 6.18 Å². The SMILES string of the molecule is CC(CC(F)(F)F)Nc1nc(Br)cn2ccnc12. The lowest BCUT2D eigenvalue weighted by atomic mass is 10.2. The maximum atomic E-state index is 12.3. The average Bonchev–Trinajstić information content (AvgIpc) is 2.61. The van der Waals surface area contributed by atoms with E-state index < -0.39 is 18.6 Å². The molecule has 4 nitrogen and oxygen atoms in total. The van der Waals surface area contributed by atoms with Crippen molar-refractivity contribution in [2.24, 2.45) is 0 Å². The molecule has 2 rings (SSSR count). The molecule has 8 heteroatoms. The van der Waals surface area contributed by atoms with Crippen molar-refractivity contribution in [3.8, 4) is 0 Å². The molecular weight excluding hydrogens is 313 g/mol. The van der Waals surface area contributed by atoms with Crippen LogP contribution in [0.1, 0.15) is 13.3 Å². The van der Waals surface area contributed by atoms with Crippen LogP contribution in [0.25, 0.3) is 5.65 Å². The van der Waals surface area contributed by atoms with Gasteiger partial charge in [-0.2, -0.15) is 13.2 Å². The number of aromatic nitrogens is 3. The first-order valence-electron chi connectivity index (χ1n) is 5.17. The first kappa shape index (κ1) is 13.1. The van der Waals surface area contributed by atoms with E-state index in [2.05, 4.69) is 31.2 Å². The van der Waals surface area contributed by atoms with Crippen molar-refractivity contribution in [3.63, 3.8) is 0 Å². The molecule has 0 saturated heterocycles. The number of hydrogen-bond donors (Lipinski definition) is 1. The molecule has 0 bridgehead atoms. The van der Waals surface area contributed by atoms with E-state index in [1.54, 1.807) is 23.0 Å². The van der Waals surface area contributed by atoms with Crippen LogP contribution >= 0.6 is 15.9 Å². The number of imidazole rings is 1. The van der Waals surface area contributed by atoms with Crippen LogP contribution < -0.4 is 5.32 Å². The Morgan fingerprint density at radius 1 is 1.50 bits per heavy atom. The van der Waals surface area contributed by atoms with Crippen molar-refractivity contribution in [3.05, 3.63) is 23.2 Å². The second-order valence-electron chi connectivity index (χ2n) is 3.94. The van der Waals surface area contributed by atoms with E-state index in [4.69, 9.17) is 0 Å². The van der Waals surface area contributed by atoms with Crippen LogP contribution in [0.4, 0.5) is 19.0 Å². The monoisotopic (exact) mass is 322 g/mol. The highest BCUT2D eigenvalue weighted by Gasteiger charge is 2.30. The number of nitrogens with one attached hydrogen (secondary N) is 1. The Balaban J connectivity index is 2.23. The van der Waals surface area contributed by atoms with Crippen molar-refractivity contribution in [1.82, 2.24) is 14.4 Å². The predicted molar refractivity (Wildman–Crippen MR) is 64.4 cm³/mol. The van der Waals surface area contributed by atoms with Crippen LogP contribution in [0.5, 0.6) is 0 Å². The number of alkyl halides is 3. The van der Waals surface area contributed by atoms with Crippen molar-refractivity contribution in [2.45, 2.75) is 25.6 Å². The molecule has 0 aromatic carbocycles. The molecular formula is C10H10BrF3N4. The highest BCUT2D eigenvalue weighted by Crippen LogP contribution is 2.24. The van der Waals surface area contributed by atoms with Crippen LogP contribution in [0.15, 0.2) is 23.2 Å². The largest absolute Gasteiger partial charge is 0.391 e. The zero-order valence-electron chi connectivity index (χ0n) is 9.37. The van der Waals surface area contributed by atoms with Gasteiger partial charge in [0.15, 0.2) is 11.5 Å². The van der Waals surface area contributed by atoms with Gasteiger partial charge in [0.25, 0.3) is 0 Å². The van der Waals surface area contributed by atoms with E-state index in [9.17, 15) is 13.2 Å². The van der Waals surface area contributed by atoms with Gasteiger partial charge in [0.1, 0.15) is 4.60 Å². The van der Waals surface area contributed by atoms with Gasteiger partial charge in [0.2, 0.25) is 0 Å². The van der Waals surface area contributed by atoms with Gasteiger partial charge in [-0.3, -0.25) is 0 Å². The molecule has 0 radical (unpaired) electrons. The van der Waals surface area contributed by atoms with Crippen LogP contribution in [-0.2, 0) is 0 Å². The minimum absolute atomic E-state index is 0.325. The minimum Gasteiger partial charge on any atom is -0.364 e. The van der Waals surface area contributed by atoms with Gasteiger partial charge in [-0.25, -0.2) is 9.97 Å². The van der Waals surface area contributed by atoms with Crippen LogP contribution in [-0.4, -0.2) is 26.6 Å². The Kier molecular flexibility index (Phi) is 3.47. The Morgan fingerprint density at radius 2 is 2.22 bits per heavy atom. The maximum absolute atomic E-state index is 12.3. The lowest BCUT2D eigenvalue weighted by Gasteiger charge is -2.16. The number of hydrogen-bond acceptors (Lipinski definition) is 3. The molecule has 1 N–H and O–H groups in total. The van der Waals surface area contributed by atoms with E-state index in [-0.39, 0.29) is 0 Å². The van der Waals surface area contributed by atoms with Crippen molar-refractivity contribution >= 4 is 27.4 Å². The fourth-order valence-corrected chi connectivity index (χ4v) is 2.03. The summed E-state index contributed by atoms with van der Waals surface area (Å²) in [6, 6.07) is -0.771. The van der Waals surface area contributed by atoms with Gasteiger partial charge < -0.3 is 9.72 Å². The van der Waals surface area contributed by atoms with Crippen LogP contribution in [0.2, 0.25) is 0 Å². The minimum atomic E-state index is -4.20. The molecule has 98 valence electrons. The molecule has 0 amide bonds. The van der Waals surface area contributed by atoms with Gasteiger partial charge in [-0.15, -0.1) is 0 Å². The summed E-state index contributed by atoms with van der Waals surface area (Å²) in [7, 11) is 0. The summed E-state index contributed by atoms with van der Waals surface area (Å²) >= 11 is 3.20. The molecule has 18 heavy (non-hydrogen) atoms. The molecule has 0 aliphatic heterocycles. The van der Waals surface area contributed by atoms with E-state index >= 15 is 0 Å². The first-order chi connectivity index (χ1) is 8.35. The smallest absolute Gasteiger partial charge is 0.364 e. The molecule has 0 aliphatic carbocycles. The number of rotatable bonds is 3. The summed E-state index contributed by atoms with van der Waals surface area (Å²) in [5.74, 6) is 0.325. The van der Waals surface area contributed by atoms with Crippen molar-refractivity contribution in [2.75, 3.05) is 5.32 Å². The Morgan fingerprint density at radius 3 is 2.89 bits per heavy atom. The standard InChI is InChI=1S/C10H10BrF3N4/c1-6(4-10(12,13)14)16-8-9-15-2-3-18(9)5-7(11)17-8/h2-3,5-6H,4H2,1H3,(H,16,17). The Hall–Kier alpha value is -1.31. The number of halogens is 4. The molecule has 2 aromatic rings. The van der Waals surface area contributed by atoms with Gasteiger partial charge in [-0.05, 0) is 22.9 Å². The Labute approximate surface area is 109 Å². The molecule has 0 fully saturated rings. The zero-order valence-corrected chi connectivity index (χ0v) is 11.0. The summed E-state index contributed by atoms with van der Waals surface area (Å²) in [5.41, 5.74) is 0.493. The molecule has 0 saturated carbocycles. The fraction of sp³-hybridized carbons (Fsp3) is 0.400. The highest BCUT2D eigenvalue weighted by molar-refractivity contribution is 9.10. The molecule has 0 aliphatic rings. The molecule has 2 heterocycles. The van der Waals surface area contributed by atoms with Crippen LogP contribution in [0.3, 0.4) is 0 Å². The third kappa shape index (κ3) is 3.12. The Bertz CT molecular complexity index is 552. The number of anilines is 1. The fourth-order valence-electron chi connectivity index (χ4n) is 1.63. The third-order valence-corrected chi connectivity index (χ3v) is 2.65. The molecule has 1 atom stereocenters. The van der Waals surface area contributed by atoms with E-state index in [0.29, 0.717) is 16.1 Å². The number of fused-ring (bicyclic) bond motifs is 1. The summed E-state index contributed by atoms with van der Waals surface area (Å²) in [6.07, 6.45) is -0.190. The zero-order chi connectivity index (χ0) is 13.3. The van der Waals surface area contributed by atoms with Gasteiger partial charge in [0, 0.05) is 24.6 Å². The lowest BCUT2D eigenvalue weighted by molar-refractivity contribution is -0.136. The summed E-state index contributed by atoms with van der Waals surface area (Å²) in [4.78, 5) is 8.14. The quantitative estimate of drug-likeness (QED) is 0.943. The van der Waals surface area contributed by atoms with Gasteiger partial charge in [-0.1, -0.05) is 0 Å². The first-order valence-corrected chi connectivity index (χ1v) is 5.97. The van der Waals surface area contributed by atoms with Crippen molar-refractivity contribution in [1.29, 1.82) is 0 Å². The topological polar surface area (TPSA) is 42.2 Å².